The molecule has 0 aliphatic heterocycles. The first-order chi connectivity index (χ1) is 5.72. The third-order valence-electron chi connectivity index (χ3n) is 1.05. The Labute approximate surface area is 73.4 Å². The molecule has 0 atom stereocenters. The monoisotopic (exact) mass is 187 g/mol. The molecule has 0 aromatic carbocycles. The zero-order valence-corrected chi connectivity index (χ0v) is 7.00. The van der Waals surface area contributed by atoms with Gasteiger partial charge in [0.1, 0.15) is 0 Å². The van der Waals surface area contributed by atoms with Gasteiger partial charge in [-0.2, -0.15) is 10.1 Å². The fraction of sp³-hybridized carbons (Fsp3) is 0.167. The van der Waals surface area contributed by atoms with E-state index in [1.54, 1.807) is 0 Å². The van der Waals surface area contributed by atoms with Gasteiger partial charge in [-0.3, -0.25) is 0 Å². The van der Waals surface area contributed by atoms with Crippen LogP contribution < -0.4 is 0 Å². The second kappa shape index (κ2) is 3.87. The molecule has 0 saturated carbocycles. The van der Waals surface area contributed by atoms with Crippen molar-refractivity contribution in [2.24, 2.45) is 0 Å². The molecule has 5 nitrogen and oxygen atoms in total. The van der Waals surface area contributed by atoms with Crippen LogP contribution in [0, 0.1) is 0 Å². The van der Waals surface area contributed by atoms with Crippen LogP contribution >= 0.6 is 11.6 Å². The van der Waals surface area contributed by atoms with E-state index in [0.29, 0.717) is 5.82 Å². The van der Waals surface area contributed by atoms with Gasteiger partial charge in [-0.15, -0.1) is 0 Å². The van der Waals surface area contributed by atoms with Crippen LogP contribution in [0.1, 0.15) is 5.82 Å². The standard InChI is InChI=1S/C6H6ClN3O2/c1-12-5(11)3-2-4-8-6(7)10-9-4/h2-3H,1H3,(H,8,9,10). The molecule has 12 heavy (non-hydrogen) atoms. The van der Waals surface area contributed by atoms with E-state index >= 15 is 0 Å². The number of rotatable bonds is 2. The lowest BCUT2D eigenvalue weighted by molar-refractivity contribution is -0.134. The summed E-state index contributed by atoms with van der Waals surface area (Å²) in [6.07, 6.45) is 2.60. The van der Waals surface area contributed by atoms with Crippen molar-refractivity contribution in [3.63, 3.8) is 0 Å². The van der Waals surface area contributed by atoms with Gasteiger partial charge in [0.2, 0.25) is 5.28 Å². The van der Waals surface area contributed by atoms with Gasteiger partial charge in [0, 0.05) is 6.08 Å². The molecule has 6 heteroatoms. The average molecular weight is 188 g/mol. The van der Waals surface area contributed by atoms with Crippen molar-refractivity contribution in [3.05, 3.63) is 17.2 Å². The topological polar surface area (TPSA) is 67.9 Å². The summed E-state index contributed by atoms with van der Waals surface area (Å²) < 4.78 is 4.35. The van der Waals surface area contributed by atoms with Crippen LogP contribution in [0.2, 0.25) is 5.28 Å². The number of halogens is 1. The Kier molecular flexibility index (Phi) is 2.82. The summed E-state index contributed by atoms with van der Waals surface area (Å²) in [6.45, 7) is 0. The van der Waals surface area contributed by atoms with E-state index in [1.165, 1.54) is 19.3 Å². The van der Waals surface area contributed by atoms with Crippen molar-refractivity contribution >= 4 is 23.6 Å². The molecule has 1 aromatic rings. The minimum atomic E-state index is -0.462. The number of aromatic nitrogens is 3. The highest BCUT2D eigenvalue weighted by Gasteiger charge is 1.96. The summed E-state index contributed by atoms with van der Waals surface area (Å²) in [4.78, 5) is 14.3. The first kappa shape index (κ1) is 8.73. The van der Waals surface area contributed by atoms with Crippen molar-refractivity contribution in [1.29, 1.82) is 0 Å². The van der Waals surface area contributed by atoms with Gasteiger partial charge in [0.05, 0.1) is 7.11 Å². The third-order valence-corrected chi connectivity index (χ3v) is 1.21. The van der Waals surface area contributed by atoms with Crippen molar-refractivity contribution in [3.8, 4) is 0 Å². The average Bonchev–Trinajstić information content (AvgIpc) is 2.47. The SMILES string of the molecule is COC(=O)C=Cc1n[nH]c(Cl)n1. The normalized spacial score (nSPS) is 10.5. The van der Waals surface area contributed by atoms with E-state index in [9.17, 15) is 4.79 Å². The van der Waals surface area contributed by atoms with Crippen LogP contribution in [-0.4, -0.2) is 28.3 Å². The van der Waals surface area contributed by atoms with Crippen LogP contribution in [0.3, 0.4) is 0 Å². The fourth-order valence-corrected chi connectivity index (χ4v) is 0.668. The lowest BCUT2D eigenvalue weighted by Crippen LogP contribution is -1.93. The minimum absolute atomic E-state index is 0.180. The Bertz CT molecular complexity index is 307. The summed E-state index contributed by atoms with van der Waals surface area (Å²) in [5, 5.41) is 6.25. The highest BCUT2D eigenvalue weighted by molar-refractivity contribution is 6.28. The molecule has 0 spiro atoms. The van der Waals surface area contributed by atoms with Crippen LogP contribution in [0.25, 0.3) is 6.08 Å². The molecule has 1 N–H and O–H groups in total. The van der Waals surface area contributed by atoms with Crippen molar-refractivity contribution in [2.45, 2.75) is 0 Å². The molecule has 0 amide bonds. The molecular weight excluding hydrogens is 182 g/mol. The molecule has 0 radical (unpaired) electrons. The summed E-state index contributed by atoms with van der Waals surface area (Å²) in [5.41, 5.74) is 0. The second-order valence-electron chi connectivity index (χ2n) is 1.84. The Hall–Kier alpha value is -1.36. The molecule has 0 bridgehead atoms. The Morgan fingerprint density at radius 3 is 3.00 bits per heavy atom. The number of carbonyl (C=O) groups is 1. The number of carbonyl (C=O) groups excluding carboxylic acids is 1. The maximum atomic E-state index is 10.6. The number of hydrogen-bond donors (Lipinski definition) is 1. The van der Waals surface area contributed by atoms with Crippen LogP contribution in [0.15, 0.2) is 6.08 Å². The molecule has 0 unspecified atom stereocenters. The highest BCUT2D eigenvalue weighted by atomic mass is 35.5. The smallest absolute Gasteiger partial charge is 0.330 e. The van der Waals surface area contributed by atoms with E-state index in [-0.39, 0.29) is 5.28 Å². The number of H-pyrrole nitrogens is 1. The first-order valence-electron chi connectivity index (χ1n) is 3.06. The van der Waals surface area contributed by atoms with E-state index in [4.69, 9.17) is 11.6 Å². The molecular formula is C6H6ClN3O2. The molecule has 0 aliphatic rings. The lowest BCUT2D eigenvalue weighted by Gasteiger charge is -1.86. The summed E-state index contributed by atoms with van der Waals surface area (Å²) >= 11 is 5.43. The van der Waals surface area contributed by atoms with Crippen LogP contribution in [0.5, 0.6) is 0 Å². The molecule has 1 heterocycles. The summed E-state index contributed by atoms with van der Waals surface area (Å²) in [5.74, 6) is -0.124. The molecule has 0 saturated heterocycles. The number of aromatic amines is 1. The van der Waals surface area contributed by atoms with Gasteiger partial charge in [-0.1, -0.05) is 0 Å². The quantitative estimate of drug-likeness (QED) is 0.545. The minimum Gasteiger partial charge on any atom is -0.466 e. The number of methoxy groups -OCH3 is 1. The van der Waals surface area contributed by atoms with Crippen molar-refractivity contribution < 1.29 is 9.53 Å². The lowest BCUT2D eigenvalue weighted by atomic mass is 10.5. The molecule has 0 fully saturated rings. The zero-order valence-electron chi connectivity index (χ0n) is 6.24. The first-order valence-corrected chi connectivity index (χ1v) is 3.44. The van der Waals surface area contributed by atoms with Gasteiger partial charge in [-0.25, -0.2) is 9.89 Å². The van der Waals surface area contributed by atoms with E-state index in [1.807, 2.05) is 0 Å². The number of nitrogens with zero attached hydrogens (tertiary/aromatic N) is 2. The van der Waals surface area contributed by atoms with Gasteiger partial charge >= 0.3 is 5.97 Å². The molecule has 1 aromatic heterocycles. The third kappa shape index (κ3) is 2.35. The molecule has 0 aliphatic carbocycles. The fourth-order valence-electron chi connectivity index (χ4n) is 0.539. The second-order valence-corrected chi connectivity index (χ2v) is 2.20. The maximum absolute atomic E-state index is 10.6. The largest absolute Gasteiger partial charge is 0.466 e. The van der Waals surface area contributed by atoms with Gasteiger partial charge < -0.3 is 4.74 Å². The van der Waals surface area contributed by atoms with Gasteiger partial charge in [-0.05, 0) is 17.7 Å². The number of ether oxygens (including phenoxy) is 1. The predicted octanol–water partition coefficient (Wildman–Crippen LogP) is 0.644. The van der Waals surface area contributed by atoms with Crippen LogP contribution in [0.4, 0.5) is 0 Å². The van der Waals surface area contributed by atoms with Gasteiger partial charge in [0.15, 0.2) is 5.82 Å². The van der Waals surface area contributed by atoms with E-state index in [0.717, 1.165) is 0 Å². The Morgan fingerprint density at radius 2 is 2.50 bits per heavy atom. The van der Waals surface area contributed by atoms with Gasteiger partial charge in [0.25, 0.3) is 0 Å². The van der Waals surface area contributed by atoms with E-state index in [2.05, 4.69) is 19.9 Å². The Morgan fingerprint density at radius 1 is 1.75 bits per heavy atom. The Balaban J connectivity index is 2.63. The van der Waals surface area contributed by atoms with Crippen molar-refractivity contribution in [1.82, 2.24) is 15.2 Å². The number of esters is 1. The number of nitrogens with one attached hydrogen (secondary N) is 1. The molecule has 64 valence electrons. The van der Waals surface area contributed by atoms with E-state index < -0.39 is 5.97 Å². The molecule has 1 rings (SSSR count). The summed E-state index contributed by atoms with van der Waals surface area (Å²) in [7, 11) is 1.29. The zero-order chi connectivity index (χ0) is 8.97. The number of hydrogen-bond acceptors (Lipinski definition) is 4. The maximum Gasteiger partial charge on any atom is 0.330 e. The van der Waals surface area contributed by atoms with Crippen molar-refractivity contribution in [2.75, 3.05) is 7.11 Å². The predicted molar refractivity (Wildman–Crippen MR) is 42.4 cm³/mol. The van der Waals surface area contributed by atoms with Crippen LogP contribution in [-0.2, 0) is 9.53 Å². The highest BCUT2D eigenvalue weighted by Crippen LogP contribution is 2.00. The summed E-state index contributed by atoms with van der Waals surface area (Å²) in [6, 6.07) is 0.